The van der Waals surface area contributed by atoms with E-state index in [4.69, 9.17) is 0 Å². The van der Waals surface area contributed by atoms with Crippen molar-refractivity contribution in [3.8, 4) is 0 Å². The van der Waals surface area contributed by atoms with Gasteiger partial charge >= 0.3 is 0 Å². The Morgan fingerprint density at radius 1 is 1.19 bits per heavy atom. The van der Waals surface area contributed by atoms with Crippen molar-refractivity contribution in [2.45, 2.75) is 84.6 Å². The van der Waals surface area contributed by atoms with Crippen LogP contribution in [0.25, 0.3) is 0 Å². The second-order valence-electron chi connectivity index (χ2n) is 9.65. The second kappa shape index (κ2) is 8.67. The number of rotatable bonds is 6. The highest BCUT2D eigenvalue weighted by Gasteiger charge is 2.29. The first-order chi connectivity index (χ1) is 12.9. The third kappa shape index (κ3) is 5.27. The van der Waals surface area contributed by atoms with Crippen LogP contribution in [0.5, 0.6) is 0 Å². The molecular weight excluding hydrogens is 332 g/mol. The molecule has 1 aliphatic carbocycles. The summed E-state index contributed by atoms with van der Waals surface area (Å²) in [5.74, 6) is 1.64. The molecule has 1 N–H and O–H groups in total. The standard InChI is InChI=1S/C24H38N2O/c1-5-6-19-13-16-26(17-19)23(27)18(2)25-22-9-7-20(8-10-22)21-11-14-24(3,4)15-12-21/h7-10,18-19,21,25H,5-6,11-17H2,1-4H3. The van der Waals surface area contributed by atoms with Crippen LogP contribution in [-0.2, 0) is 4.79 Å². The lowest BCUT2D eigenvalue weighted by molar-refractivity contribution is -0.130. The van der Waals surface area contributed by atoms with Crippen molar-refractivity contribution in [2.24, 2.45) is 11.3 Å². The van der Waals surface area contributed by atoms with Crippen LogP contribution in [0.3, 0.4) is 0 Å². The van der Waals surface area contributed by atoms with E-state index in [-0.39, 0.29) is 11.9 Å². The Morgan fingerprint density at radius 2 is 1.85 bits per heavy atom. The van der Waals surface area contributed by atoms with Crippen molar-refractivity contribution >= 4 is 11.6 Å². The number of carbonyl (C=O) groups excluding carboxylic acids is 1. The van der Waals surface area contributed by atoms with Gasteiger partial charge in [0.25, 0.3) is 0 Å². The number of hydrogen-bond acceptors (Lipinski definition) is 2. The molecule has 1 saturated heterocycles. The average molecular weight is 371 g/mol. The van der Waals surface area contributed by atoms with Crippen LogP contribution in [0.2, 0.25) is 0 Å². The molecule has 0 radical (unpaired) electrons. The number of nitrogens with one attached hydrogen (secondary N) is 1. The van der Waals surface area contributed by atoms with Gasteiger partial charge < -0.3 is 10.2 Å². The van der Waals surface area contributed by atoms with Gasteiger partial charge in [0.2, 0.25) is 5.91 Å². The lowest BCUT2D eigenvalue weighted by Gasteiger charge is -2.34. The summed E-state index contributed by atoms with van der Waals surface area (Å²) in [5.41, 5.74) is 3.02. The van der Waals surface area contributed by atoms with E-state index in [1.165, 1.54) is 50.5 Å². The molecule has 1 saturated carbocycles. The highest BCUT2D eigenvalue weighted by molar-refractivity contribution is 5.84. The van der Waals surface area contributed by atoms with Crippen LogP contribution >= 0.6 is 0 Å². The van der Waals surface area contributed by atoms with E-state index in [1.807, 2.05) is 6.92 Å². The highest BCUT2D eigenvalue weighted by atomic mass is 16.2. The van der Waals surface area contributed by atoms with Crippen LogP contribution < -0.4 is 5.32 Å². The van der Waals surface area contributed by atoms with E-state index < -0.39 is 0 Å². The van der Waals surface area contributed by atoms with E-state index in [2.05, 4.69) is 55.3 Å². The van der Waals surface area contributed by atoms with Gasteiger partial charge in [-0.05, 0) is 80.4 Å². The minimum atomic E-state index is -0.160. The Labute approximate surface area is 165 Å². The summed E-state index contributed by atoms with van der Waals surface area (Å²) in [4.78, 5) is 14.8. The van der Waals surface area contributed by atoms with Crippen molar-refractivity contribution in [1.29, 1.82) is 0 Å². The Morgan fingerprint density at radius 3 is 2.48 bits per heavy atom. The summed E-state index contributed by atoms with van der Waals surface area (Å²) in [6, 6.07) is 8.67. The summed E-state index contributed by atoms with van der Waals surface area (Å²) in [5, 5.41) is 3.42. The summed E-state index contributed by atoms with van der Waals surface area (Å²) in [6.07, 6.45) is 8.84. The van der Waals surface area contributed by atoms with Gasteiger partial charge in [0.05, 0.1) is 0 Å². The van der Waals surface area contributed by atoms with E-state index in [0.717, 1.165) is 18.8 Å². The first-order valence-corrected chi connectivity index (χ1v) is 11.0. The van der Waals surface area contributed by atoms with Gasteiger partial charge in [0.1, 0.15) is 6.04 Å². The van der Waals surface area contributed by atoms with Gasteiger partial charge in [0.15, 0.2) is 0 Å². The number of benzene rings is 1. The largest absolute Gasteiger partial charge is 0.374 e. The molecule has 3 nitrogen and oxygen atoms in total. The van der Waals surface area contributed by atoms with Crippen LogP contribution in [0.4, 0.5) is 5.69 Å². The average Bonchev–Trinajstić information content (AvgIpc) is 3.11. The minimum Gasteiger partial charge on any atom is -0.374 e. The van der Waals surface area contributed by atoms with Crippen LogP contribution in [0.15, 0.2) is 24.3 Å². The summed E-state index contributed by atoms with van der Waals surface area (Å²) < 4.78 is 0. The second-order valence-corrected chi connectivity index (χ2v) is 9.65. The topological polar surface area (TPSA) is 32.3 Å². The predicted molar refractivity (Wildman–Crippen MR) is 114 cm³/mol. The van der Waals surface area contributed by atoms with E-state index in [1.54, 1.807) is 0 Å². The van der Waals surface area contributed by atoms with Gasteiger partial charge in [-0.25, -0.2) is 0 Å². The van der Waals surface area contributed by atoms with E-state index in [9.17, 15) is 4.79 Å². The zero-order chi connectivity index (χ0) is 19.4. The van der Waals surface area contributed by atoms with E-state index in [0.29, 0.717) is 17.3 Å². The molecule has 0 spiro atoms. The Hall–Kier alpha value is -1.51. The third-order valence-electron chi connectivity index (χ3n) is 6.77. The molecule has 27 heavy (non-hydrogen) atoms. The van der Waals surface area contributed by atoms with Crippen molar-refractivity contribution in [3.63, 3.8) is 0 Å². The van der Waals surface area contributed by atoms with Crippen molar-refractivity contribution in [1.82, 2.24) is 4.90 Å². The number of anilines is 1. The molecule has 3 heteroatoms. The van der Waals surface area contributed by atoms with Gasteiger partial charge in [-0.2, -0.15) is 0 Å². The number of likely N-dealkylation sites (tertiary alicyclic amines) is 1. The molecule has 3 rings (SSSR count). The van der Waals surface area contributed by atoms with Gasteiger partial charge in [-0.15, -0.1) is 0 Å². The zero-order valence-corrected chi connectivity index (χ0v) is 17.8. The fraction of sp³-hybridized carbons (Fsp3) is 0.708. The molecule has 2 aliphatic rings. The molecule has 0 bridgehead atoms. The van der Waals surface area contributed by atoms with Gasteiger partial charge in [-0.3, -0.25) is 4.79 Å². The lowest BCUT2D eigenvalue weighted by atomic mass is 9.71. The maximum atomic E-state index is 12.7. The summed E-state index contributed by atoms with van der Waals surface area (Å²) >= 11 is 0. The fourth-order valence-corrected chi connectivity index (χ4v) is 4.85. The van der Waals surface area contributed by atoms with Crippen LogP contribution in [0, 0.1) is 11.3 Å². The SMILES string of the molecule is CCCC1CCN(C(=O)C(C)Nc2ccc(C3CCC(C)(C)CC3)cc2)C1. The fourth-order valence-electron chi connectivity index (χ4n) is 4.85. The third-order valence-corrected chi connectivity index (χ3v) is 6.77. The maximum absolute atomic E-state index is 12.7. The molecule has 150 valence electrons. The molecule has 1 amide bonds. The maximum Gasteiger partial charge on any atom is 0.244 e. The van der Waals surface area contributed by atoms with Crippen LogP contribution in [0.1, 0.15) is 84.1 Å². The Bertz CT molecular complexity index is 612. The van der Waals surface area contributed by atoms with E-state index >= 15 is 0 Å². The minimum absolute atomic E-state index is 0.160. The summed E-state index contributed by atoms with van der Waals surface area (Å²) in [6.45, 7) is 10.9. The van der Waals surface area contributed by atoms with Crippen molar-refractivity contribution in [3.05, 3.63) is 29.8 Å². The molecule has 2 atom stereocenters. The van der Waals surface area contributed by atoms with Crippen LogP contribution in [-0.4, -0.2) is 29.9 Å². The Kier molecular flexibility index (Phi) is 6.49. The number of hydrogen-bond donors (Lipinski definition) is 1. The number of carbonyl (C=O) groups is 1. The molecule has 2 fully saturated rings. The molecule has 1 heterocycles. The van der Waals surface area contributed by atoms with Crippen molar-refractivity contribution < 1.29 is 4.79 Å². The predicted octanol–water partition coefficient (Wildman–Crippen LogP) is 5.82. The molecular formula is C24H38N2O. The highest BCUT2D eigenvalue weighted by Crippen LogP contribution is 2.42. The van der Waals surface area contributed by atoms with Gasteiger partial charge in [-0.1, -0.05) is 39.3 Å². The number of nitrogens with zero attached hydrogens (tertiary/aromatic N) is 1. The number of amides is 1. The smallest absolute Gasteiger partial charge is 0.244 e. The molecule has 1 aromatic carbocycles. The Balaban J connectivity index is 1.51. The lowest BCUT2D eigenvalue weighted by Crippen LogP contribution is -2.40. The molecule has 1 aromatic rings. The normalized spacial score (nSPS) is 24.0. The quantitative estimate of drug-likeness (QED) is 0.684. The zero-order valence-electron chi connectivity index (χ0n) is 17.8. The first kappa shape index (κ1) is 20.2. The molecule has 0 aromatic heterocycles. The molecule has 2 unspecified atom stereocenters. The van der Waals surface area contributed by atoms with Gasteiger partial charge in [0, 0.05) is 18.8 Å². The summed E-state index contributed by atoms with van der Waals surface area (Å²) in [7, 11) is 0. The molecule has 1 aliphatic heterocycles. The first-order valence-electron chi connectivity index (χ1n) is 11.0. The monoisotopic (exact) mass is 370 g/mol. The van der Waals surface area contributed by atoms with Crippen molar-refractivity contribution in [2.75, 3.05) is 18.4 Å².